The third-order valence-electron chi connectivity index (χ3n) is 15.4. The van der Waals surface area contributed by atoms with Crippen LogP contribution < -0.4 is 0 Å². The maximum atomic E-state index is 13.2. The molecule has 0 aliphatic rings. The van der Waals surface area contributed by atoms with E-state index in [2.05, 4.69) is 6.58 Å². The Hall–Kier alpha value is 0.867. The van der Waals surface area contributed by atoms with Gasteiger partial charge in [-0.05, 0) is 33.0 Å². The Labute approximate surface area is 859 Å². The van der Waals surface area contributed by atoms with E-state index in [0.29, 0.717) is 0 Å². The summed E-state index contributed by atoms with van der Waals surface area (Å²) in [6.45, 7) is 12.0. The number of ether oxygens (including phenoxy) is 1. The Morgan fingerprint density at radius 2 is 0.296 bits per heavy atom. The van der Waals surface area contributed by atoms with Gasteiger partial charge >= 0.3 is 485 Å². The molecule has 0 heterocycles. The molecule has 0 saturated carbocycles. The van der Waals surface area contributed by atoms with Gasteiger partial charge in [0, 0.05) is 5.57 Å². The second-order valence-corrected chi connectivity index (χ2v) is 346. The first kappa shape index (κ1) is 143. The highest BCUT2D eigenvalue weighted by Crippen LogP contribution is 2.14. The van der Waals surface area contributed by atoms with Crippen molar-refractivity contribution in [2.24, 2.45) is 0 Å². The molecule has 142 heavy (non-hydrogen) atoms. The van der Waals surface area contributed by atoms with Gasteiger partial charge in [-0.2, -0.15) is 0 Å². The van der Waals surface area contributed by atoms with Crippen LogP contribution in [0.25, 0.3) is 0 Å². The molecule has 0 saturated heterocycles. The van der Waals surface area contributed by atoms with Gasteiger partial charge in [0.2, 0.25) is 9.28 Å². The smallest absolute Gasteiger partial charge is 0.381 e. The molecule has 0 atom stereocenters. The molecule has 0 aromatic heterocycles. The summed E-state index contributed by atoms with van der Waals surface area (Å²) in [5.41, 5.74) is 0.0215. The van der Waals surface area contributed by atoms with Crippen LogP contribution in [0.5, 0.6) is 0 Å². The van der Waals surface area contributed by atoms with Gasteiger partial charge in [0.15, 0.2) is 8.32 Å². The van der Waals surface area contributed by atoms with E-state index in [0.717, 1.165) is 0 Å². The summed E-state index contributed by atoms with van der Waals surface area (Å²) < 4.78 is 812. The first-order valence-corrected chi connectivity index (χ1v) is 193. The minimum absolute atomic E-state index is 0.000678. The number of carbonyl (C=O) groups excluding carboxylic acids is 1. The van der Waals surface area contributed by atoms with E-state index in [9.17, 15) is 281 Å². The molecule has 0 unspecified atom stereocenters. The van der Waals surface area contributed by atoms with Crippen molar-refractivity contribution < 1.29 is 290 Å². The number of carbonyl (C=O) groups is 1. The molecule has 726 valence electrons. The molecule has 0 fully saturated rings. The van der Waals surface area contributed by atoms with Crippen LogP contribution in [-0.2, 0) is 290 Å². The zero-order valence-electron chi connectivity index (χ0n) is 69.1. The summed E-state index contributed by atoms with van der Waals surface area (Å²) in [4.78, 5) is 11.6. The van der Waals surface area contributed by atoms with Gasteiger partial charge in [-0.15, -0.1) is 0 Å². The van der Waals surface area contributed by atoms with E-state index < -0.39 is 510 Å². The van der Waals surface area contributed by atoms with Crippen molar-refractivity contribution in [3.63, 3.8) is 0 Å². The number of hydrogen-bond donors (Lipinski definition) is 0. The van der Waals surface area contributed by atoms with Crippen molar-refractivity contribution in [1.82, 2.24) is 0 Å². The molecule has 65 nitrogen and oxygen atoms in total. The molecule has 0 aromatic rings. The van der Waals surface area contributed by atoms with Crippen LogP contribution in [0.3, 0.4) is 0 Å². The molecule has 0 amide bonds. The second-order valence-electron chi connectivity index (χ2n) is 26.8. The summed E-state index contributed by atoms with van der Waals surface area (Å²) in [6.07, 6.45) is 0.0313. The number of hydrogen-bond acceptors (Lipinski definition) is 65. The summed E-state index contributed by atoms with van der Waals surface area (Å²) >= 11 is 0. The third-order valence-corrected chi connectivity index (χ3v) is 526. The van der Waals surface area contributed by atoms with Gasteiger partial charge in [0.05, 0.1) is 6.61 Å². The van der Waals surface area contributed by atoms with Gasteiger partial charge in [-0.25, -0.2) is 4.79 Å². The fraction of sp³-hybridized carbons (Fsp3) is 0.750. The van der Waals surface area contributed by atoms with E-state index in [1.165, 1.54) is 20.0 Å². The van der Waals surface area contributed by atoms with E-state index in [1.54, 1.807) is 19.6 Å². The van der Waals surface area contributed by atoms with Crippen molar-refractivity contribution in [3.8, 4) is 0 Å². The molecule has 0 aromatic carbocycles. The third kappa shape index (κ3) is 38.1. The monoisotopic (exact) mass is 3030 g/mol. The van der Waals surface area contributed by atoms with Crippen LogP contribution in [0.4, 0.5) is 0 Å². The molecular weight excluding hydrogens is 3010 g/mol. The SMILES string of the molecule is C=C(C)C(=O)OCCC[Si](C)(C)[Si](=O)[Si](=O)[Si](=O)[Si](=O)[Si](=O)[Si](=O)[Si](=O)[Si](=O)[Si](=O)[Si](=O)[Si](=O)[Si](=O)[Si](=O)[Si](=O)[Si](=O)[Si](=O)[Si](=O)[Si](=O)[Si](=O)[Si](=O)[Si](=O)[Si](=O)[Si](=O)[Si](=O)[Si](=O)[Si](=O)[Si](=O)[Si](=O)[Si](=O)[Si](=O)[Si](=O)[Si](=O)[Si](=O)[Si](=O)[Si](=O)[Si](=O)[Si](=O)[Si](=O)[Si](=O)[Si](=O)[Si](=O)[Si](=O)[Si](=O)[Si](=O)[Si](=O)[Si](=O)[Si](=O)[Si](=O)[Si](=O)[Si](=O)[Si](=O)[Si](=O)[Si](=O)[Si](=O)[Si](=O)[Si](=O)[Si](=O)[Si](=O)[Si](=O)[Si](=O)[Si](=O)[Si](=O)[SiH2]O[Si](C)(C)C. The molecule has 0 aliphatic carbocycles. The first-order chi connectivity index (χ1) is 64.5. The lowest BCUT2D eigenvalue weighted by molar-refractivity contribution is -0.139. The van der Waals surface area contributed by atoms with Crippen LogP contribution >= 0.6 is 0 Å². The molecule has 0 bridgehead atoms. The summed E-state index contributed by atoms with van der Waals surface area (Å²) in [6, 6.07) is 0.000678. The molecule has 0 rings (SSSR count). The van der Waals surface area contributed by atoms with Gasteiger partial charge < -0.3 is 285 Å². The van der Waals surface area contributed by atoms with Gasteiger partial charge in [0.1, 0.15) is 7.59 Å². The Kier molecular flexibility index (Phi) is 63.7. The van der Waals surface area contributed by atoms with Crippen LogP contribution in [0.1, 0.15) is 13.3 Å². The molecule has 130 heteroatoms. The van der Waals surface area contributed by atoms with Crippen molar-refractivity contribution in [2.75, 3.05) is 6.61 Å². The quantitative estimate of drug-likeness (QED) is 0.0236. The minimum atomic E-state index is -5.04. The van der Waals surface area contributed by atoms with Gasteiger partial charge in [0.25, 0.3) is 0 Å². The van der Waals surface area contributed by atoms with Crippen molar-refractivity contribution in [1.29, 1.82) is 0 Å². The van der Waals surface area contributed by atoms with E-state index >= 15 is 0 Å². The summed E-state index contributed by atoms with van der Waals surface area (Å²) in [5.74, 6) is -0.792. The second kappa shape index (κ2) is 63.3. The van der Waals surface area contributed by atoms with Gasteiger partial charge in [-0.3, -0.25) is 0 Å². The first-order valence-electron chi connectivity index (χ1n) is 34.7. The molecule has 0 aliphatic heterocycles. The predicted molar refractivity (Wildman–Crippen MR) is 485 cm³/mol. The maximum Gasteiger partial charge on any atom is 0.381 e. The van der Waals surface area contributed by atoms with Crippen molar-refractivity contribution in [3.05, 3.63) is 12.2 Å². The Bertz CT molecular complexity index is 6530. The fourth-order valence-electron chi connectivity index (χ4n) is 7.78. The molecule has 0 spiro atoms. The number of rotatable bonds is 70. The molecule has 0 radical (unpaired) electrons. The van der Waals surface area contributed by atoms with Crippen LogP contribution in [0.2, 0.25) is 38.8 Å². The predicted octanol–water partition coefficient (Wildman–Crippen LogP) is -28.3. The van der Waals surface area contributed by atoms with E-state index in [4.69, 9.17) is 8.85 Å². The summed E-state index contributed by atoms with van der Waals surface area (Å²) in [7, 11) is -304. The average Bonchev–Trinajstić information content (AvgIpc) is 0.815. The van der Waals surface area contributed by atoms with Crippen LogP contribution in [-0.4, -0.2) is 516 Å². The zero-order valence-corrected chi connectivity index (χ0v) is 134. The van der Waals surface area contributed by atoms with Crippen molar-refractivity contribution in [2.45, 2.75) is 52.1 Å². The topological polar surface area (TPSA) is 1090 Å². The van der Waals surface area contributed by atoms with Crippen molar-refractivity contribution >= 4 is 510 Å². The lowest BCUT2D eigenvalue weighted by Gasteiger charge is -2.17. The normalized spacial score (nSPS) is 10.4. The molecular formula is C12H28O65Si65. The number of esters is 1. The Morgan fingerprint density at radius 1 is 0.190 bits per heavy atom. The highest BCUT2D eigenvalue weighted by atomic mass is 30.2. The standard InChI is InChI=1S/C12H28O65Si65/c1-11(2)12(13)76-9-8-10-142(6,7)140(75)139(74)138(73)137(72)136(71)135(70)134(69)133(68)132(67)131(66)130(65)129(64)128(63)127(62)126(61)125(60)124(59)123(58)122(57)121(56)120(55)119(54)118(53)117(52)116(51)115(50)114(49)113(48)112(47)111(46)110(45)109(44)108(43)107(42)106(41)105(40)104(39)103(38)102(37)101(36)100(35)99(34)98(33)97(32)96(31)95(30)94(29)93(28)92(27)91(26)90(25)89(24)88(23)87(22)86(21)85(20)84(19)83(18)82(17)81(16)80(15)79(14)78-77-141(3,4)5/h1,8-10,78H2,2-7H3. The van der Waals surface area contributed by atoms with Crippen LogP contribution in [0.15, 0.2) is 12.2 Å². The average molecular weight is 3040 g/mol. The van der Waals surface area contributed by atoms with E-state index in [-0.39, 0.29) is 24.6 Å². The van der Waals surface area contributed by atoms with E-state index in [1.807, 2.05) is 0 Å². The van der Waals surface area contributed by atoms with Crippen LogP contribution in [0, 0.1) is 0 Å². The Morgan fingerprint density at radius 3 is 0.401 bits per heavy atom. The lowest BCUT2D eigenvalue weighted by atomic mass is 10.4. The van der Waals surface area contributed by atoms with Gasteiger partial charge in [-0.1, -0.05) is 25.7 Å². The highest BCUT2D eigenvalue weighted by Gasteiger charge is 2.64. The largest absolute Gasteiger partial charge is 0.462 e. The fourth-order valence-corrected chi connectivity index (χ4v) is 777. The minimum Gasteiger partial charge on any atom is -0.462 e. The Balaban J connectivity index is 6.07. The maximum absolute atomic E-state index is 13.2. The lowest BCUT2D eigenvalue weighted by Crippen LogP contribution is -2.58. The summed E-state index contributed by atoms with van der Waals surface area (Å²) in [5, 5.41) is 0. The zero-order chi connectivity index (χ0) is 112. The molecule has 0 N–H and O–H groups in total. The highest BCUT2D eigenvalue weighted by molar-refractivity contribution is 7.89.